The van der Waals surface area contributed by atoms with Crippen LogP contribution in [0.5, 0.6) is 0 Å². The Hall–Kier alpha value is -2.42. The molecule has 1 aromatic carbocycles. The fraction of sp³-hybridized carbons (Fsp3) is 0.500. The van der Waals surface area contributed by atoms with Crippen LogP contribution in [-0.4, -0.2) is 68.8 Å². The first-order valence-electron chi connectivity index (χ1n) is 11.8. The number of benzene rings is 1. The van der Waals surface area contributed by atoms with Gasteiger partial charge in [-0.2, -0.15) is 5.10 Å². The number of hydrogen-bond donors (Lipinski definition) is 1. The van der Waals surface area contributed by atoms with Gasteiger partial charge in [0.1, 0.15) is 11.3 Å². The molecule has 180 valence electrons. The maximum atomic E-state index is 12.9. The lowest BCUT2D eigenvalue weighted by molar-refractivity contribution is -0.135. The molecular formula is C24H29Cl2N7O. The summed E-state index contributed by atoms with van der Waals surface area (Å²) in [5.41, 5.74) is 3.23. The van der Waals surface area contributed by atoms with Gasteiger partial charge in [-0.25, -0.2) is 14.6 Å². The topological polar surface area (TPSA) is 79.2 Å². The largest absolute Gasteiger partial charge is 0.351 e. The van der Waals surface area contributed by atoms with Gasteiger partial charge >= 0.3 is 0 Å². The Labute approximate surface area is 209 Å². The molecule has 34 heavy (non-hydrogen) atoms. The maximum absolute atomic E-state index is 12.9. The van der Waals surface area contributed by atoms with Crippen LogP contribution in [-0.2, 0) is 4.79 Å². The number of anilines is 1. The molecule has 2 saturated heterocycles. The van der Waals surface area contributed by atoms with Crippen molar-refractivity contribution in [2.45, 2.75) is 51.7 Å². The number of carbonyl (C=O) groups is 1. The maximum Gasteiger partial charge on any atom is 0.240 e. The first kappa shape index (κ1) is 23.3. The lowest BCUT2D eigenvalue weighted by Crippen LogP contribution is -2.57. The van der Waals surface area contributed by atoms with E-state index in [4.69, 9.17) is 38.3 Å². The molecule has 5 rings (SSSR count). The van der Waals surface area contributed by atoms with Gasteiger partial charge in [0.25, 0.3) is 0 Å². The van der Waals surface area contributed by atoms with Crippen molar-refractivity contribution in [2.75, 3.05) is 31.1 Å². The van der Waals surface area contributed by atoms with E-state index in [0.717, 1.165) is 47.6 Å². The van der Waals surface area contributed by atoms with Crippen molar-refractivity contribution >= 4 is 46.1 Å². The number of aromatic nitrogens is 4. The van der Waals surface area contributed by atoms with E-state index >= 15 is 0 Å². The Morgan fingerprint density at radius 1 is 1.26 bits per heavy atom. The highest BCUT2D eigenvalue weighted by Gasteiger charge is 2.33. The van der Waals surface area contributed by atoms with Crippen LogP contribution < -0.4 is 10.2 Å². The normalized spacial score (nSPS) is 21.9. The molecule has 2 aliphatic rings. The molecule has 0 spiro atoms. The SMILES string of the molecule is Cc1nn(C(C)c2ccc(Cl)cc2Cl)c2nc(N3CCN(C(=O)[C@H]4CCCN4)C(C)C3)cnc12. The van der Waals surface area contributed by atoms with Gasteiger partial charge in [0.05, 0.1) is 24.0 Å². The van der Waals surface area contributed by atoms with E-state index in [1.165, 1.54) is 0 Å². The third-order valence-corrected chi connectivity index (χ3v) is 7.49. The minimum Gasteiger partial charge on any atom is -0.351 e. The van der Waals surface area contributed by atoms with Crippen LogP contribution in [0.2, 0.25) is 10.0 Å². The first-order chi connectivity index (χ1) is 16.3. The standard InChI is InChI=1S/C24H29Cl2N7O/c1-14-13-31(9-10-32(14)24(34)20-5-4-8-27-20)21-12-28-22-15(2)30-33(23(22)29-21)16(3)18-7-6-17(25)11-19(18)26/h6-7,11-12,14,16,20,27H,4-5,8-10,13H2,1-3H3/t14?,16?,20-/m1/s1. The number of aryl methyl sites for hydroxylation is 1. The molecule has 0 radical (unpaired) electrons. The molecule has 4 heterocycles. The summed E-state index contributed by atoms with van der Waals surface area (Å²) >= 11 is 12.6. The molecule has 1 N–H and O–H groups in total. The molecule has 8 nitrogen and oxygen atoms in total. The van der Waals surface area contributed by atoms with E-state index in [9.17, 15) is 4.79 Å². The molecule has 10 heteroatoms. The van der Waals surface area contributed by atoms with Gasteiger partial charge in [-0.1, -0.05) is 29.3 Å². The molecule has 1 amide bonds. The lowest BCUT2D eigenvalue weighted by atomic mass is 10.1. The number of fused-ring (bicyclic) bond motifs is 1. The second kappa shape index (κ2) is 9.32. The van der Waals surface area contributed by atoms with Gasteiger partial charge in [0.2, 0.25) is 5.91 Å². The number of nitrogens with one attached hydrogen (secondary N) is 1. The van der Waals surface area contributed by atoms with Gasteiger partial charge in [-0.05, 0) is 57.9 Å². The Kier molecular flexibility index (Phi) is 6.39. The Morgan fingerprint density at radius 2 is 2.09 bits per heavy atom. The van der Waals surface area contributed by atoms with Crippen LogP contribution in [0.1, 0.15) is 44.0 Å². The number of carbonyl (C=O) groups excluding carboxylic acids is 1. The lowest BCUT2D eigenvalue weighted by Gasteiger charge is -2.41. The highest BCUT2D eigenvalue weighted by Crippen LogP contribution is 2.31. The number of hydrogen-bond acceptors (Lipinski definition) is 6. The fourth-order valence-corrected chi connectivity index (χ4v) is 5.59. The molecule has 3 aromatic rings. The van der Waals surface area contributed by atoms with Gasteiger partial charge in [0.15, 0.2) is 5.65 Å². The third-order valence-electron chi connectivity index (χ3n) is 6.93. The van der Waals surface area contributed by atoms with Crippen molar-refractivity contribution in [3.8, 4) is 0 Å². The zero-order valence-corrected chi connectivity index (χ0v) is 21.1. The molecular weight excluding hydrogens is 473 g/mol. The van der Waals surface area contributed by atoms with E-state index in [-0.39, 0.29) is 24.0 Å². The third kappa shape index (κ3) is 4.23. The summed E-state index contributed by atoms with van der Waals surface area (Å²) in [6, 6.07) is 5.42. The summed E-state index contributed by atoms with van der Waals surface area (Å²) in [4.78, 5) is 26.8. The predicted octanol–water partition coefficient (Wildman–Crippen LogP) is 3.84. The second-order valence-corrected chi connectivity index (χ2v) is 10.1. The van der Waals surface area contributed by atoms with E-state index in [2.05, 4.69) is 17.1 Å². The molecule has 2 aliphatic heterocycles. The van der Waals surface area contributed by atoms with Crippen molar-refractivity contribution in [3.05, 3.63) is 45.7 Å². The highest BCUT2D eigenvalue weighted by atomic mass is 35.5. The summed E-state index contributed by atoms with van der Waals surface area (Å²) in [5.74, 6) is 1.01. The van der Waals surface area contributed by atoms with Gasteiger partial charge in [0, 0.05) is 35.7 Å². The number of amides is 1. The minimum atomic E-state index is -0.141. The number of nitrogens with zero attached hydrogens (tertiary/aromatic N) is 6. The van der Waals surface area contributed by atoms with Crippen molar-refractivity contribution in [2.24, 2.45) is 0 Å². The minimum absolute atomic E-state index is 0.0383. The van der Waals surface area contributed by atoms with Crippen LogP contribution in [0.3, 0.4) is 0 Å². The monoisotopic (exact) mass is 501 g/mol. The van der Waals surface area contributed by atoms with Crippen LogP contribution in [0.25, 0.3) is 11.2 Å². The van der Waals surface area contributed by atoms with E-state index in [0.29, 0.717) is 29.7 Å². The summed E-state index contributed by atoms with van der Waals surface area (Å²) in [6.07, 6.45) is 3.80. The van der Waals surface area contributed by atoms with Crippen molar-refractivity contribution < 1.29 is 4.79 Å². The smallest absolute Gasteiger partial charge is 0.240 e. The van der Waals surface area contributed by atoms with Gasteiger partial charge in [-0.15, -0.1) is 0 Å². The molecule has 3 atom stereocenters. The van der Waals surface area contributed by atoms with Crippen LogP contribution in [0.4, 0.5) is 5.82 Å². The average Bonchev–Trinajstić information content (AvgIpc) is 3.46. The zero-order valence-electron chi connectivity index (χ0n) is 19.6. The van der Waals surface area contributed by atoms with Gasteiger partial charge < -0.3 is 15.1 Å². The molecule has 0 bridgehead atoms. The molecule has 0 aliphatic carbocycles. The number of piperazine rings is 1. The fourth-order valence-electron chi connectivity index (χ4n) is 5.02. The van der Waals surface area contributed by atoms with E-state index in [1.807, 2.05) is 41.8 Å². The first-order valence-corrected chi connectivity index (χ1v) is 12.5. The highest BCUT2D eigenvalue weighted by molar-refractivity contribution is 6.35. The quantitative estimate of drug-likeness (QED) is 0.584. The van der Waals surface area contributed by atoms with Crippen LogP contribution >= 0.6 is 23.2 Å². The average molecular weight is 502 g/mol. The summed E-state index contributed by atoms with van der Waals surface area (Å²) in [6.45, 7) is 9.11. The Bertz CT molecular complexity index is 1220. The Morgan fingerprint density at radius 3 is 2.79 bits per heavy atom. The predicted molar refractivity (Wildman–Crippen MR) is 135 cm³/mol. The van der Waals surface area contributed by atoms with E-state index < -0.39 is 0 Å². The van der Waals surface area contributed by atoms with Crippen LogP contribution in [0.15, 0.2) is 24.4 Å². The zero-order chi connectivity index (χ0) is 24.0. The van der Waals surface area contributed by atoms with Crippen molar-refractivity contribution in [3.63, 3.8) is 0 Å². The van der Waals surface area contributed by atoms with E-state index in [1.54, 1.807) is 6.07 Å². The molecule has 2 aromatic heterocycles. The number of rotatable bonds is 4. The Balaban J connectivity index is 1.40. The van der Waals surface area contributed by atoms with Crippen molar-refractivity contribution in [1.82, 2.24) is 30.0 Å². The van der Waals surface area contributed by atoms with Crippen molar-refractivity contribution in [1.29, 1.82) is 0 Å². The second-order valence-electron chi connectivity index (χ2n) is 9.25. The molecule has 2 unspecified atom stereocenters. The summed E-state index contributed by atoms with van der Waals surface area (Å²) < 4.78 is 1.88. The van der Waals surface area contributed by atoms with Crippen LogP contribution in [0, 0.1) is 6.92 Å². The van der Waals surface area contributed by atoms with Gasteiger partial charge in [-0.3, -0.25) is 4.79 Å². The summed E-state index contributed by atoms with van der Waals surface area (Å²) in [7, 11) is 0. The summed E-state index contributed by atoms with van der Waals surface area (Å²) in [5, 5.41) is 9.25. The molecule has 0 saturated carbocycles. The molecule has 2 fully saturated rings. The number of halogens is 2.